The van der Waals surface area contributed by atoms with Gasteiger partial charge in [-0.3, -0.25) is 14.7 Å². The summed E-state index contributed by atoms with van der Waals surface area (Å²) >= 11 is 0. The number of ether oxygens (including phenoxy) is 2. The van der Waals surface area contributed by atoms with E-state index < -0.39 is 5.92 Å². The molecule has 7 nitrogen and oxygen atoms in total. The molecular weight excluding hydrogens is 476 g/mol. The van der Waals surface area contributed by atoms with Crippen LogP contribution >= 0.6 is 0 Å². The highest BCUT2D eigenvalue weighted by Crippen LogP contribution is 2.47. The Morgan fingerprint density at radius 3 is 2.58 bits per heavy atom. The van der Waals surface area contributed by atoms with Crippen molar-refractivity contribution in [2.45, 2.75) is 45.6 Å². The summed E-state index contributed by atoms with van der Waals surface area (Å²) in [7, 11) is 1.63. The summed E-state index contributed by atoms with van der Waals surface area (Å²) in [4.78, 5) is 19.6. The number of hydrogen-bond donors (Lipinski definition) is 1. The van der Waals surface area contributed by atoms with Crippen molar-refractivity contribution in [3.8, 4) is 17.6 Å². The number of Topliss-reactive ketones (excluding diaryl/α,β-unsaturated/α-hetero) is 1. The molecule has 0 saturated heterocycles. The molecule has 0 spiro atoms. The number of pyridine rings is 1. The van der Waals surface area contributed by atoms with Gasteiger partial charge < -0.3 is 15.2 Å². The molecule has 1 aliphatic heterocycles. The van der Waals surface area contributed by atoms with Gasteiger partial charge in [0, 0.05) is 23.9 Å². The van der Waals surface area contributed by atoms with Crippen LogP contribution in [-0.2, 0) is 11.4 Å². The largest absolute Gasteiger partial charge is 0.497 e. The standard InChI is InChI=1S/C31H30N4O3/c1-19-14-21(18-38-24-11-9-23(37-3)10-12-24)20(2)25(15-19)29-26(16-32)31(33)35(22-6-5-13-34-17-22)27-7-4-8-28(36)30(27)29/h5-6,9-15,17,29H,4,7-8,18,33H2,1-3H3. The predicted molar refractivity (Wildman–Crippen MR) is 145 cm³/mol. The molecule has 192 valence electrons. The first-order valence-electron chi connectivity index (χ1n) is 12.7. The van der Waals surface area contributed by atoms with Crippen molar-refractivity contribution >= 4 is 11.5 Å². The second-order valence-electron chi connectivity index (χ2n) is 9.63. The van der Waals surface area contributed by atoms with Crippen LogP contribution < -0.4 is 20.1 Å². The van der Waals surface area contributed by atoms with Gasteiger partial charge in [0.2, 0.25) is 0 Å². The zero-order valence-corrected chi connectivity index (χ0v) is 21.8. The first-order valence-corrected chi connectivity index (χ1v) is 12.7. The fourth-order valence-electron chi connectivity index (χ4n) is 5.42. The molecule has 1 unspecified atom stereocenters. The number of nitrogens with zero attached hydrogens (tertiary/aromatic N) is 3. The number of nitrogens with two attached hydrogens (primary N) is 1. The summed E-state index contributed by atoms with van der Waals surface area (Å²) < 4.78 is 11.3. The highest BCUT2D eigenvalue weighted by molar-refractivity contribution is 6.01. The van der Waals surface area contributed by atoms with Gasteiger partial charge in [-0.2, -0.15) is 5.26 Å². The van der Waals surface area contributed by atoms with Crippen molar-refractivity contribution in [2.75, 3.05) is 12.0 Å². The third-order valence-corrected chi connectivity index (χ3v) is 7.28. The van der Waals surface area contributed by atoms with E-state index in [0.29, 0.717) is 36.4 Å². The molecule has 1 atom stereocenters. The van der Waals surface area contributed by atoms with Crippen LogP contribution in [0.25, 0.3) is 0 Å². The third-order valence-electron chi connectivity index (χ3n) is 7.28. The first-order chi connectivity index (χ1) is 18.4. The summed E-state index contributed by atoms with van der Waals surface area (Å²) in [5.41, 5.74) is 13.2. The van der Waals surface area contributed by atoms with Gasteiger partial charge in [0.1, 0.15) is 23.9 Å². The fourth-order valence-corrected chi connectivity index (χ4v) is 5.42. The molecular formula is C31H30N4O3. The number of aromatic nitrogens is 1. The van der Waals surface area contributed by atoms with Crippen LogP contribution in [0.1, 0.15) is 47.4 Å². The Bertz CT molecular complexity index is 1480. The number of benzene rings is 2. The number of hydrogen-bond acceptors (Lipinski definition) is 7. The Kier molecular flexibility index (Phi) is 6.89. The first kappa shape index (κ1) is 25.1. The molecule has 0 amide bonds. The molecule has 2 heterocycles. The van der Waals surface area contributed by atoms with Crippen LogP contribution in [0.2, 0.25) is 0 Å². The van der Waals surface area contributed by atoms with Gasteiger partial charge in [-0.25, -0.2) is 0 Å². The van der Waals surface area contributed by atoms with Crippen LogP contribution in [0.3, 0.4) is 0 Å². The van der Waals surface area contributed by atoms with Crippen LogP contribution in [0.5, 0.6) is 11.5 Å². The van der Waals surface area contributed by atoms with Crippen LogP contribution in [0, 0.1) is 25.2 Å². The molecule has 0 saturated carbocycles. The van der Waals surface area contributed by atoms with E-state index in [1.807, 2.05) is 55.1 Å². The maximum Gasteiger partial charge on any atom is 0.161 e. The Morgan fingerprint density at radius 1 is 1.13 bits per heavy atom. The lowest BCUT2D eigenvalue weighted by Gasteiger charge is -2.40. The molecule has 0 fully saturated rings. The van der Waals surface area contributed by atoms with E-state index in [1.54, 1.807) is 19.5 Å². The number of methoxy groups -OCH3 is 1. The fraction of sp³-hybridized carbons (Fsp3) is 0.258. The topological polar surface area (TPSA) is 101 Å². The Labute approximate surface area is 222 Å². The molecule has 1 aliphatic carbocycles. The van der Waals surface area contributed by atoms with Crippen molar-refractivity contribution in [3.05, 3.63) is 106 Å². The third kappa shape index (κ3) is 4.50. The maximum atomic E-state index is 13.5. The number of anilines is 1. The molecule has 2 N–H and O–H groups in total. The second-order valence-corrected chi connectivity index (χ2v) is 9.63. The van der Waals surface area contributed by atoms with Gasteiger partial charge in [-0.1, -0.05) is 17.7 Å². The lowest BCUT2D eigenvalue weighted by Crippen LogP contribution is -2.39. The summed E-state index contributed by atoms with van der Waals surface area (Å²) in [6.07, 6.45) is 5.29. The highest BCUT2D eigenvalue weighted by Gasteiger charge is 2.41. The van der Waals surface area contributed by atoms with E-state index in [1.165, 1.54) is 0 Å². The minimum absolute atomic E-state index is 0.0577. The molecule has 2 aliphatic rings. The van der Waals surface area contributed by atoms with Crippen molar-refractivity contribution in [2.24, 2.45) is 5.73 Å². The average Bonchev–Trinajstić information content (AvgIpc) is 2.93. The Balaban J connectivity index is 1.60. The van der Waals surface area contributed by atoms with Crippen molar-refractivity contribution in [1.82, 2.24) is 4.98 Å². The molecule has 5 rings (SSSR count). The predicted octanol–water partition coefficient (Wildman–Crippen LogP) is 5.59. The van der Waals surface area contributed by atoms with Crippen molar-refractivity contribution < 1.29 is 14.3 Å². The quantitative estimate of drug-likeness (QED) is 0.465. The normalized spacial score (nSPS) is 17.3. The average molecular weight is 507 g/mol. The van der Waals surface area contributed by atoms with Gasteiger partial charge >= 0.3 is 0 Å². The second kappa shape index (κ2) is 10.4. The van der Waals surface area contributed by atoms with Crippen LogP contribution in [-0.4, -0.2) is 17.9 Å². The number of carbonyl (C=O) groups is 1. The summed E-state index contributed by atoms with van der Waals surface area (Å²) in [5.74, 6) is 1.36. The highest BCUT2D eigenvalue weighted by atomic mass is 16.5. The minimum Gasteiger partial charge on any atom is -0.497 e. The minimum atomic E-state index is -0.532. The molecule has 38 heavy (non-hydrogen) atoms. The lowest BCUT2D eigenvalue weighted by atomic mass is 9.73. The Morgan fingerprint density at radius 2 is 1.89 bits per heavy atom. The Hall–Kier alpha value is -4.57. The van der Waals surface area contributed by atoms with Gasteiger partial charge in [0.05, 0.1) is 36.6 Å². The van der Waals surface area contributed by atoms with E-state index in [4.69, 9.17) is 15.2 Å². The number of allylic oxidation sites excluding steroid dienone is 3. The summed E-state index contributed by atoms with van der Waals surface area (Å²) in [6, 6.07) is 17.7. The molecule has 7 heteroatoms. The van der Waals surface area contributed by atoms with Crippen molar-refractivity contribution in [1.29, 1.82) is 5.26 Å². The SMILES string of the molecule is COc1ccc(OCc2cc(C)cc(C3C(C#N)=C(N)N(c4cccnc4)C4=C3C(=O)CCC4)c2C)cc1. The monoisotopic (exact) mass is 506 g/mol. The van der Waals surface area contributed by atoms with Gasteiger partial charge in [-0.15, -0.1) is 0 Å². The summed E-state index contributed by atoms with van der Waals surface area (Å²) in [5, 5.41) is 10.4. The van der Waals surface area contributed by atoms with Crippen LogP contribution in [0.15, 0.2) is 83.6 Å². The lowest BCUT2D eigenvalue weighted by molar-refractivity contribution is -0.116. The number of nitriles is 1. The number of carbonyl (C=O) groups excluding carboxylic acids is 1. The van der Waals surface area contributed by atoms with Crippen molar-refractivity contribution in [3.63, 3.8) is 0 Å². The summed E-state index contributed by atoms with van der Waals surface area (Å²) in [6.45, 7) is 4.39. The number of ketones is 1. The van der Waals surface area contributed by atoms with E-state index in [2.05, 4.69) is 23.2 Å². The van der Waals surface area contributed by atoms with E-state index >= 15 is 0 Å². The molecule has 2 aromatic carbocycles. The van der Waals surface area contributed by atoms with Gasteiger partial charge in [0.15, 0.2) is 5.78 Å². The number of aryl methyl sites for hydroxylation is 1. The van der Waals surface area contributed by atoms with Gasteiger partial charge in [-0.05, 0) is 79.8 Å². The molecule has 1 aromatic heterocycles. The van der Waals surface area contributed by atoms with E-state index in [0.717, 1.165) is 51.6 Å². The molecule has 0 radical (unpaired) electrons. The van der Waals surface area contributed by atoms with E-state index in [9.17, 15) is 10.1 Å². The smallest absolute Gasteiger partial charge is 0.161 e. The van der Waals surface area contributed by atoms with Crippen LogP contribution in [0.4, 0.5) is 5.69 Å². The molecule has 0 bridgehead atoms. The zero-order valence-electron chi connectivity index (χ0n) is 21.8. The zero-order chi connectivity index (χ0) is 26.8. The number of rotatable bonds is 6. The van der Waals surface area contributed by atoms with E-state index in [-0.39, 0.29) is 5.78 Å². The molecule has 3 aromatic rings. The maximum absolute atomic E-state index is 13.5. The van der Waals surface area contributed by atoms with Gasteiger partial charge in [0.25, 0.3) is 0 Å².